The lowest BCUT2D eigenvalue weighted by molar-refractivity contribution is 0.420. The van der Waals surface area contributed by atoms with Gasteiger partial charge in [-0.15, -0.1) is 0 Å². The molecule has 10 heteroatoms. The van der Waals surface area contributed by atoms with Crippen molar-refractivity contribution in [2.75, 3.05) is 18.2 Å². The summed E-state index contributed by atoms with van der Waals surface area (Å²) in [7, 11) is 1.37. The van der Waals surface area contributed by atoms with Crippen molar-refractivity contribution in [1.82, 2.24) is 15.0 Å². The molecule has 33 heavy (non-hydrogen) atoms. The van der Waals surface area contributed by atoms with Crippen LogP contribution in [0.2, 0.25) is 0 Å². The molecule has 0 aliphatic carbocycles. The van der Waals surface area contributed by atoms with Crippen LogP contribution in [0.1, 0.15) is 24.2 Å². The lowest BCUT2D eigenvalue weighted by Gasteiger charge is -2.22. The van der Waals surface area contributed by atoms with Gasteiger partial charge in [-0.05, 0) is 42.8 Å². The Hall–Kier alpha value is -4.39. The van der Waals surface area contributed by atoms with Crippen LogP contribution in [0.3, 0.4) is 0 Å². The van der Waals surface area contributed by atoms with Crippen LogP contribution < -0.4 is 15.8 Å². The Morgan fingerprint density at radius 3 is 2.45 bits per heavy atom. The number of rotatable bonds is 5. The highest BCUT2D eigenvalue weighted by Gasteiger charge is 2.24. The van der Waals surface area contributed by atoms with Crippen LogP contribution in [0.4, 0.5) is 24.8 Å². The molecule has 0 radical (unpaired) electrons. The zero-order valence-corrected chi connectivity index (χ0v) is 17.5. The predicted octanol–water partition coefficient (Wildman–Crippen LogP) is 4.74. The second-order valence-corrected chi connectivity index (χ2v) is 7.19. The zero-order chi connectivity index (χ0) is 23.7. The van der Waals surface area contributed by atoms with Gasteiger partial charge in [-0.3, -0.25) is 0 Å². The van der Waals surface area contributed by atoms with Gasteiger partial charge in [0.25, 0.3) is 0 Å². The van der Waals surface area contributed by atoms with Gasteiger partial charge in [0.2, 0.25) is 0 Å². The van der Waals surface area contributed by atoms with Crippen molar-refractivity contribution in [2.45, 2.75) is 13.0 Å². The molecule has 0 saturated carbocycles. The number of fused-ring (bicyclic) bond motifs is 1. The van der Waals surface area contributed by atoms with Gasteiger partial charge in [-0.2, -0.15) is 5.26 Å². The van der Waals surface area contributed by atoms with E-state index in [2.05, 4.69) is 20.3 Å². The standard InChI is InChI=1S/C23H17F3N6O/c1-11(31-23-17(9-27)22(28)29-10-30-23)20-19(12-5-14(25)7-15(26)6-12)21(33-2)16-8-13(24)3-4-18(16)32-20/h3-8,10-11H,1-2H3,(H3,28,29,30,31)/t11-/m0/s1. The summed E-state index contributed by atoms with van der Waals surface area (Å²) in [5.74, 6) is -1.77. The number of hydrogen-bond donors (Lipinski definition) is 2. The van der Waals surface area contributed by atoms with E-state index < -0.39 is 23.5 Å². The van der Waals surface area contributed by atoms with Gasteiger partial charge in [0.15, 0.2) is 0 Å². The van der Waals surface area contributed by atoms with Crippen molar-refractivity contribution in [3.8, 4) is 22.9 Å². The SMILES string of the molecule is COc1c(-c2cc(F)cc(F)c2)c([C@H](C)Nc2ncnc(N)c2C#N)nc2ccc(F)cc12. The van der Waals surface area contributed by atoms with E-state index in [9.17, 15) is 18.4 Å². The molecule has 3 N–H and O–H groups in total. The molecule has 166 valence electrons. The van der Waals surface area contributed by atoms with Crippen molar-refractivity contribution < 1.29 is 17.9 Å². The molecule has 4 rings (SSSR count). The fourth-order valence-electron chi connectivity index (χ4n) is 3.62. The third-order valence-electron chi connectivity index (χ3n) is 5.03. The van der Waals surface area contributed by atoms with Crippen molar-refractivity contribution >= 4 is 22.5 Å². The Balaban J connectivity index is 1.98. The molecule has 0 aliphatic rings. The molecule has 0 unspecified atom stereocenters. The van der Waals surface area contributed by atoms with Crippen molar-refractivity contribution in [3.05, 3.63) is 71.4 Å². The normalized spacial score (nSPS) is 11.8. The van der Waals surface area contributed by atoms with Crippen LogP contribution in [-0.4, -0.2) is 22.1 Å². The number of nitrogen functional groups attached to an aromatic ring is 1. The number of hydrogen-bond acceptors (Lipinski definition) is 7. The third kappa shape index (κ3) is 4.08. The summed E-state index contributed by atoms with van der Waals surface area (Å²) < 4.78 is 47.8. The number of methoxy groups -OCH3 is 1. The van der Waals surface area contributed by atoms with Crippen molar-refractivity contribution in [3.63, 3.8) is 0 Å². The summed E-state index contributed by atoms with van der Waals surface area (Å²) in [5.41, 5.74) is 6.95. The van der Waals surface area contributed by atoms with E-state index in [1.54, 1.807) is 6.92 Å². The molecule has 0 saturated heterocycles. The highest BCUT2D eigenvalue weighted by molar-refractivity contribution is 5.94. The minimum Gasteiger partial charge on any atom is -0.495 e. The first kappa shape index (κ1) is 21.8. The Bertz CT molecular complexity index is 1400. The number of nitriles is 1. The number of halogens is 3. The first-order valence-corrected chi connectivity index (χ1v) is 9.73. The third-order valence-corrected chi connectivity index (χ3v) is 5.03. The molecule has 0 fully saturated rings. The van der Waals surface area contributed by atoms with Gasteiger partial charge in [-0.1, -0.05) is 0 Å². The molecule has 2 heterocycles. The van der Waals surface area contributed by atoms with E-state index in [0.29, 0.717) is 16.6 Å². The topological polar surface area (TPSA) is 110 Å². The van der Waals surface area contributed by atoms with Gasteiger partial charge >= 0.3 is 0 Å². The van der Waals surface area contributed by atoms with E-state index in [-0.39, 0.29) is 34.1 Å². The van der Waals surface area contributed by atoms with Gasteiger partial charge in [0, 0.05) is 17.0 Å². The van der Waals surface area contributed by atoms with Crippen LogP contribution in [0.15, 0.2) is 42.7 Å². The Labute approximate surface area is 186 Å². The van der Waals surface area contributed by atoms with Crippen LogP contribution in [0.25, 0.3) is 22.0 Å². The molecule has 2 aromatic heterocycles. The second-order valence-electron chi connectivity index (χ2n) is 7.19. The number of ether oxygens (including phenoxy) is 1. The number of nitrogens with one attached hydrogen (secondary N) is 1. The quantitative estimate of drug-likeness (QED) is 0.452. The largest absolute Gasteiger partial charge is 0.495 e. The first-order valence-electron chi connectivity index (χ1n) is 9.73. The van der Waals surface area contributed by atoms with E-state index in [1.165, 1.54) is 31.6 Å². The van der Waals surface area contributed by atoms with Crippen LogP contribution in [0.5, 0.6) is 5.75 Å². The molecular formula is C23H17F3N6O. The summed E-state index contributed by atoms with van der Waals surface area (Å²) in [5, 5.41) is 12.8. The molecule has 1 atom stereocenters. The maximum Gasteiger partial charge on any atom is 0.150 e. The zero-order valence-electron chi connectivity index (χ0n) is 17.5. The van der Waals surface area contributed by atoms with E-state index in [0.717, 1.165) is 18.2 Å². The molecule has 0 spiro atoms. The Kier molecular flexibility index (Phi) is 5.70. The van der Waals surface area contributed by atoms with Gasteiger partial charge in [0.05, 0.1) is 24.4 Å². The minimum atomic E-state index is -0.798. The monoisotopic (exact) mass is 450 g/mol. The summed E-state index contributed by atoms with van der Waals surface area (Å²) >= 11 is 0. The lowest BCUT2D eigenvalue weighted by atomic mass is 9.96. The number of benzene rings is 2. The van der Waals surface area contributed by atoms with Gasteiger partial charge in [0.1, 0.15) is 52.8 Å². The van der Waals surface area contributed by atoms with E-state index in [1.807, 2.05) is 6.07 Å². The lowest BCUT2D eigenvalue weighted by Crippen LogP contribution is -2.14. The molecule has 2 aromatic carbocycles. The summed E-state index contributed by atoms with van der Waals surface area (Å²) in [6.45, 7) is 1.72. The van der Waals surface area contributed by atoms with Crippen molar-refractivity contribution in [2.24, 2.45) is 0 Å². The smallest absolute Gasteiger partial charge is 0.150 e. The Morgan fingerprint density at radius 1 is 1.06 bits per heavy atom. The molecule has 0 aliphatic heterocycles. The minimum absolute atomic E-state index is 0.00542. The maximum atomic E-state index is 14.1. The maximum absolute atomic E-state index is 14.1. The number of nitrogens with zero attached hydrogens (tertiary/aromatic N) is 4. The van der Waals surface area contributed by atoms with Crippen LogP contribution in [-0.2, 0) is 0 Å². The molecule has 0 bridgehead atoms. The average molecular weight is 450 g/mol. The molecule has 7 nitrogen and oxygen atoms in total. The first-order chi connectivity index (χ1) is 15.8. The van der Waals surface area contributed by atoms with E-state index in [4.69, 9.17) is 10.5 Å². The number of nitrogens with two attached hydrogens (primary N) is 1. The number of anilines is 2. The highest BCUT2D eigenvalue weighted by Crippen LogP contribution is 2.42. The van der Waals surface area contributed by atoms with E-state index >= 15 is 0 Å². The highest BCUT2D eigenvalue weighted by atomic mass is 19.1. The van der Waals surface area contributed by atoms with Gasteiger partial charge < -0.3 is 15.8 Å². The fourth-order valence-corrected chi connectivity index (χ4v) is 3.62. The second kappa shape index (κ2) is 8.63. The summed E-state index contributed by atoms with van der Waals surface area (Å²) in [6.07, 6.45) is 1.20. The van der Waals surface area contributed by atoms with Gasteiger partial charge in [-0.25, -0.2) is 28.1 Å². The average Bonchev–Trinajstić information content (AvgIpc) is 2.77. The fraction of sp³-hybridized carbons (Fsp3) is 0.130. The molecule has 0 amide bonds. The van der Waals surface area contributed by atoms with Crippen LogP contribution in [0, 0.1) is 28.8 Å². The molecular weight excluding hydrogens is 433 g/mol. The van der Waals surface area contributed by atoms with Crippen molar-refractivity contribution in [1.29, 1.82) is 5.26 Å². The predicted molar refractivity (Wildman–Crippen MR) is 117 cm³/mol. The summed E-state index contributed by atoms with van der Waals surface area (Å²) in [4.78, 5) is 12.5. The Morgan fingerprint density at radius 2 is 1.79 bits per heavy atom. The number of aromatic nitrogens is 3. The van der Waals surface area contributed by atoms with Crippen LogP contribution >= 0.6 is 0 Å². The number of pyridine rings is 1. The summed E-state index contributed by atoms with van der Waals surface area (Å²) in [6, 6.07) is 8.27. The molecule has 4 aromatic rings.